The zero-order valence-electron chi connectivity index (χ0n) is 23.0. The van der Waals surface area contributed by atoms with E-state index in [9.17, 15) is 9.90 Å². The first-order valence-corrected chi connectivity index (χ1v) is 13.0. The van der Waals surface area contributed by atoms with Crippen molar-refractivity contribution in [2.75, 3.05) is 24.6 Å². The molecule has 3 aliphatic heterocycles. The van der Waals surface area contributed by atoms with E-state index >= 15 is 0 Å². The molecule has 1 aromatic rings. The first-order chi connectivity index (χ1) is 17.9. The molecule has 0 aliphatic carbocycles. The van der Waals surface area contributed by atoms with Crippen LogP contribution in [0.2, 0.25) is 0 Å². The first-order valence-electron chi connectivity index (χ1n) is 13.0. The second kappa shape index (κ2) is 11.0. The number of aliphatic hydroxyl groups excluding tert-OH is 1. The molecule has 10 nitrogen and oxygen atoms in total. The monoisotopic (exact) mass is 521 g/mol. The highest BCUT2D eigenvalue weighted by Gasteiger charge is 2.27. The molecule has 204 valence electrons. The van der Waals surface area contributed by atoms with Crippen LogP contribution in [0, 0.1) is 18.3 Å². The number of amides is 1. The number of morpholine rings is 1. The van der Waals surface area contributed by atoms with Crippen LogP contribution in [0.25, 0.3) is 0 Å². The number of benzene rings is 1. The Labute approximate surface area is 224 Å². The molecule has 1 saturated heterocycles. The third kappa shape index (κ3) is 6.43. The molecule has 1 unspecified atom stereocenters. The van der Waals surface area contributed by atoms with Crippen molar-refractivity contribution in [2.24, 2.45) is 27.1 Å². The number of nitrogens with one attached hydrogen (secondary N) is 2. The van der Waals surface area contributed by atoms with E-state index < -0.39 is 11.3 Å². The number of hydrogen-bond donors (Lipinski definition) is 4. The van der Waals surface area contributed by atoms with Crippen molar-refractivity contribution in [3.8, 4) is 0 Å². The van der Waals surface area contributed by atoms with Crippen LogP contribution in [0.4, 0.5) is 5.69 Å². The lowest BCUT2D eigenvalue weighted by atomic mass is 9.93. The summed E-state index contributed by atoms with van der Waals surface area (Å²) in [5.41, 5.74) is 16.1. The number of carbonyl (C=O) groups is 1. The maximum atomic E-state index is 12.8. The average Bonchev–Trinajstić information content (AvgIpc) is 3.33. The minimum absolute atomic E-state index is 0.0443. The summed E-state index contributed by atoms with van der Waals surface area (Å²) in [6.45, 7) is 14.0. The molecule has 38 heavy (non-hydrogen) atoms. The van der Waals surface area contributed by atoms with Gasteiger partial charge in [0.1, 0.15) is 11.6 Å². The van der Waals surface area contributed by atoms with Crippen LogP contribution in [-0.2, 0) is 4.74 Å². The summed E-state index contributed by atoms with van der Waals surface area (Å²) in [4.78, 5) is 23.7. The molecular weight excluding hydrogens is 482 g/mol. The molecule has 0 saturated carbocycles. The minimum Gasteiger partial charge on any atom is -0.512 e. The molecule has 4 rings (SSSR count). The Kier molecular flexibility index (Phi) is 7.94. The Morgan fingerprint density at radius 2 is 1.97 bits per heavy atom. The molecular formula is C28H39N7O3. The fourth-order valence-corrected chi connectivity index (χ4v) is 4.54. The topological polar surface area (TPSA) is 128 Å². The molecule has 3 aliphatic rings. The van der Waals surface area contributed by atoms with Gasteiger partial charge in [-0.05, 0) is 44.5 Å². The van der Waals surface area contributed by atoms with Gasteiger partial charge in [-0.2, -0.15) is 4.99 Å². The number of nitrogens with two attached hydrogens (primary N) is 1. The number of allylic oxidation sites excluding steroid dienone is 2. The normalized spacial score (nSPS) is 24.7. The lowest BCUT2D eigenvalue weighted by Gasteiger charge is -2.38. The lowest BCUT2D eigenvalue weighted by Crippen LogP contribution is -2.45. The first kappa shape index (κ1) is 27.4. The third-order valence-electron chi connectivity index (χ3n) is 6.67. The molecule has 0 spiro atoms. The number of aliphatic hydroxyl groups is 1. The van der Waals surface area contributed by atoms with Gasteiger partial charge in [0, 0.05) is 48.5 Å². The van der Waals surface area contributed by atoms with Crippen LogP contribution in [-0.4, -0.2) is 59.8 Å². The maximum Gasteiger partial charge on any atom is 0.279 e. The van der Waals surface area contributed by atoms with Crippen molar-refractivity contribution in [3.05, 3.63) is 64.8 Å². The number of dihydropyridines is 1. The fourth-order valence-electron chi connectivity index (χ4n) is 4.54. The summed E-state index contributed by atoms with van der Waals surface area (Å²) in [5.74, 6) is -0.390. The van der Waals surface area contributed by atoms with E-state index in [-0.39, 0.29) is 29.7 Å². The molecule has 0 radical (unpaired) electrons. The standard InChI is InChI=1S/C28H39N7O3/c1-17-7-8-20(27(37)31-26(29)11-25(36)28(4,5)6)10-24(17)35-16-23(32-33-35)21-9-22(13-30-12-21)34-14-18(2)38-19(3)15-34/h7-11,13,16,18-19,21,32-33,36H,12,14-15H2,1-6H3,(H2,29,31,37)/b25-11-/t18-,19+,21?. The second-order valence-electron chi connectivity index (χ2n) is 11.2. The van der Waals surface area contributed by atoms with Gasteiger partial charge in [-0.15, -0.1) is 5.53 Å². The summed E-state index contributed by atoms with van der Waals surface area (Å²) >= 11 is 0. The van der Waals surface area contributed by atoms with E-state index in [1.54, 1.807) is 12.1 Å². The van der Waals surface area contributed by atoms with Crippen molar-refractivity contribution in [1.29, 1.82) is 0 Å². The number of hydrazine groups is 2. The van der Waals surface area contributed by atoms with Crippen LogP contribution in [0.3, 0.4) is 0 Å². The van der Waals surface area contributed by atoms with Crippen LogP contribution in [0.15, 0.2) is 63.7 Å². The summed E-state index contributed by atoms with van der Waals surface area (Å²) in [7, 11) is 0. The number of hydrogen-bond acceptors (Lipinski definition) is 8. The van der Waals surface area contributed by atoms with Crippen LogP contribution in [0.5, 0.6) is 0 Å². The molecule has 5 N–H and O–H groups in total. The Balaban J connectivity index is 1.51. The Bertz CT molecular complexity index is 1220. The molecule has 1 amide bonds. The van der Waals surface area contributed by atoms with Gasteiger partial charge in [0.2, 0.25) is 0 Å². The lowest BCUT2D eigenvalue weighted by molar-refractivity contribution is -0.0560. The van der Waals surface area contributed by atoms with Gasteiger partial charge in [-0.25, -0.2) is 0 Å². The van der Waals surface area contributed by atoms with Crippen molar-refractivity contribution in [3.63, 3.8) is 0 Å². The molecule has 10 heteroatoms. The molecule has 1 fully saturated rings. The average molecular weight is 522 g/mol. The predicted molar refractivity (Wildman–Crippen MR) is 151 cm³/mol. The van der Waals surface area contributed by atoms with Crippen LogP contribution in [0.1, 0.15) is 50.5 Å². The summed E-state index contributed by atoms with van der Waals surface area (Å²) in [6, 6.07) is 5.36. The van der Waals surface area contributed by atoms with Gasteiger partial charge >= 0.3 is 0 Å². The van der Waals surface area contributed by atoms with Gasteiger partial charge < -0.3 is 25.9 Å². The number of carbonyl (C=O) groups excluding carboxylic acids is 1. The Morgan fingerprint density at radius 3 is 2.66 bits per heavy atom. The van der Waals surface area contributed by atoms with Crippen molar-refractivity contribution in [2.45, 2.75) is 53.8 Å². The van der Waals surface area contributed by atoms with Gasteiger partial charge in [-0.3, -0.25) is 14.8 Å². The van der Waals surface area contributed by atoms with E-state index in [1.165, 1.54) is 6.08 Å². The maximum absolute atomic E-state index is 12.8. The number of amidine groups is 1. The highest BCUT2D eigenvalue weighted by molar-refractivity contribution is 6.06. The van der Waals surface area contributed by atoms with Crippen molar-refractivity contribution >= 4 is 23.6 Å². The third-order valence-corrected chi connectivity index (χ3v) is 6.67. The highest BCUT2D eigenvalue weighted by Crippen LogP contribution is 2.27. The highest BCUT2D eigenvalue weighted by atomic mass is 16.5. The van der Waals surface area contributed by atoms with E-state index in [2.05, 4.69) is 45.8 Å². The van der Waals surface area contributed by atoms with Gasteiger partial charge in [0.25, 0.3) is 5.91 Å². The Hall–Kier alpha value is -3.63. The SMILES string of the molecule is Cc1ccc(C(=O)N=C(N)/C=C(\O)C(C)(C)C)cc1N1C=C(C2C=C(N3C[C@@H](C)O[C@@H](C)C3)C=NC2)NN1. The predicted octanol–water partition coefficient (Wildman–Crippen LogP) is 3.34. The second-order valence-corrected chi connectivity index (χ2v) is 11.2. The van der Waals surface area contributed by atoms with Crippen molar-refractivity contribution in [1.82, 2.24) is 15.9 Å². The minimum atomic E-state index is -0.489. The van der Waals surface area contributed by atoms with E-state index in [1.807, 2.05) is 51.2 Å². The largest absolute Gasteiger partial charge is 0.512 e. The zero-order valence-corrected chi connectivity index (χ0v) is 23.0. The number of anilines is 1. The van der Waals surface area contributed by atoms with Crippen LogP contribution < -0.4 is 21.7 Å². The van der Waals surface area contributed by atoms with Gasteiger partial charge in [0.05, 0.1) is 35.8 Å². The summed E-state index contributed by atoms with van der Waals surface area (Å²) < 4.78 is 5.88. The van der Waals surface area contributed by atoms with E-state index in [0.29, 0.717) is 12.1 Å². The number of nitrogens with zero attached hydrogens (tertiary/aromatic N) is 4. The molecule has 0 bridgehead atoms. The summed E-state index contributed by atoms with van der Waals surface area (Å²) in [5, 5.41) is 12.0. The quantitative estimate of drug-likeness (QED) is 0.264. The van der Waals surface area contributed by atoms with E-state index in [4.69, 9.17) is 10.5 Å². The smallest absolute Gasteiger partial charge is 0.279 e. The Morgan fingerprint density at radius 1 is 1.26 bits per heavy atom. The molecule has 0 aromatic heterocycles. The van der Waals surface area contributed by atoms with Gasteiger partial charge in [0.15, 0.2) is 0 Å². The number of aryl methyl sites for hydroxylation is 1. The van der Waals surface area contributed by atoms with Crippen LogP contribution >= 0.6 is 0 Å². The molecule has 1 aromatic carbocycles. The fraction of sp³-hybridized carbons (Fsp3) is 0.464. The number of rotatable bonds is 5. The summed E-state index contributed by atoms with van der Waals surface area (Å²) in [6.07, 6.45) is 7.85. The number of aliphatic imine (C=N–C) groups is 2. The van der Waals surface area contributed by atoms with Gasteiger partial charge in [-0.1, -0.05) is 26.8 Å². The zero-order chi connectivity index (χ0) is 27.6. The van der Waals surface area contributed by atoms with E-state index in [0.717, 1.165) is 35.7 Å². The number of ether oxygens (including phenoxy) is 1. The molecule has 3 heterocycles. The van der Waals surface area contributed by atoms with Crippen molar-refractivity contribution < 1.29 is 14.6 Å². The molecule has 3 atom stereocenters.